The lowest BCUT2D eigenvalue weighted by atomic mass is 10.1. The maximum absolute atomic E-state index is 12.6. The Bertz CT molecular complexity index is 1430. The molecule has 6 rings (SSSR count). The molecule has 4 heterocycles. The molecule has 0 radical (unpaired) electrons. The molecule has 1 amide bonds. The van der Waals surface area contributed by atoms with Gasteiger partial charge in [-0.3, -0.25) is 9.69 Å². The number of amides is 1. The van der Waals surface area contributed by atoms with E-state index in [9.17, 15) is 13.2 Å². The van der Waals surface area contributed by atoms with Crippen LogP contribution in [0.15, 0.2) is 36.9 Å². The molecule has 1 aromatic heterocycles. The molecule has 3 atom stereocenters. The average molecular weight is 581 g/mol. The minimum Gasteiger partial charge on any atom is -0.462 e. The predicted molar refractivity (Wildman–Crippen MR) is 158 cm³/mol. The number of aromatic nitrogens is 2. The molecule has 2 saturated heterocycles. The molecule has 2 aromatic rings. The van der Waals surface area contributed by atoms with E-state index >= 15 is 0 Å². The highest BCUT2D eigenvalue weighted by Gasteiger charge is 2.38. The van der Waals surface area contributed by atoms with Gasteiger partial charge in [0.1, 0.15) is 22.3 Å². The Morgan fingerprint density at radius 1 is 1.12 bits per heavy atom. The second-order valence-corrected chi connectivity index (χ2v) is 14.1. The van der Waals surface area contributed by atoms with Crippen LogP contribution in [0.5, 0.6) is 6.01 Å². The maximum Gasteiger partial charge on any atom is 0.318 e. The quantitative estimate of drug-likeness (QED) is 0.435. The minimum atomic E-state index is -3.32. The van der Waals surface area contributed by atoms with E-state index in [0.29, 0.717) is 50.9 Å². The van der Waals surface area contributed by atoms with Crippen LogP contribution in [0.3, 0.4) is 0 Å². The lowest BCUT2D eigenvalue weighted by Gasteiger charge is -2.41. The number of piperazine rings is 1. The summed E-state index contributed by atoms with van der Waals surface area (Å²) in [6.45, 7) is 7.96. The summed E-state index contributed by atoms with van der Waals surface area (Å²) >= 11 is 0. The lowest BCUT2D eigenvalue weighted by molar-refractivity contribution is -0.128. The molecule has 1 aromatic carbocycles. The number of likely N-dealkylation sites (tertiary alicyclic amines) is 1. The first kappa shape index (κ1) is 28.1. The molecule has 11 heteroatoms. The number of rotatable bonds is 8. The highest BCUT2D eigenvalue weighted by Crippen LogP contribution is 2.42. The Balaban J connectivity index is 1.30. The molecular formula is C30H40N6O4S. The summed E-state index contributed by atoms with van der Waals surface area (Å²) in [5, 5.41) is 0. The van der Waals surface area contributed by atoms with Crippen LogP contribution in [-0.4, -0.2) is 103 Å². The molecule has 0 bridgehead atoms. The predicted octanol–water partition coefficient (Wildman–Crippen LogP) is 2.20. The third kappa shape index (κ3) is 5.85. The third-order valence-corrected chi connectivity index (χ3v) is 10.1. The normalized spacial score (nSPS) is 24.9. The number of hydrogen-bond donors (Lipinski definition) is 0. The summed E-state index contributed by atoms with van der Waals surface area (Å²) in [6, 6.07) is 9.23. The van der Waals surface area contributed by atoms with Crippen LogP contribution < -0.4 is 9.64 Å². The van der Waals surface area contributed by atoms with Gasteiger partial charge in [-0.15, -0.1) is 0 Å². The van der Waals surface area contributed by atoms with E-state index in [0.717, 1.165) is 55.8 Å². The van der Waals surface area contributed by atoms with Gasteiger partial charge >= 0.3 is 6.01 Å². The van der Waals surface area contributed by atoms with Gasteiger partial charge in [0.05, 0.1) is 17.5 Å². The first-order valence-electron chi connectivity index (χ1n) is 14.6. The number of likely N-dealkylation sites (N-methyl/N-ethyl adjacent to an activating group) is 1. The van der Waals surface area contributed by atoms with Crippen molar-refractivity contribution in [2.24, 2.45) is 0 Å². The van der Waals surface area contributed by atoms with Crippen molar-refractivity contribution >= 4 is 21.6 Å². The number of carbonyl (C=O) groups excluding carboxylic acids is 1. The standard InChI is InChI=1S/C30H40N6O4S/c1-4-28(37)36-15-14-34(16-23(36)20-41(3,38)39)29-25-17-35(27-12-11-21-8-5-6-10-24(21)27)18-26(25)31-30(32-29)40-19-22-9-7-13-33(22)2/h4-6,8,10,22-23,27H,1,7,9,11-20H2,2-3H3/t22-,23+,27?/m0/s1. The molecular weight excluding hydrogens is 540 g/mol. The van der Waals surface area contributed by atoms with Crippen LogP contribution in [0, 0.1) is 0 Å². The highest BCUT2D eigenvalue weighted by molar-refractivity contribution is 7.90. The van der Waals surface area contributed by atoms with E-state index in [2.05, 4.69) is 52.6 Å². The number of aryl methyl sites for hydroxylation is 1. The number of sulfone groups is 1. The molecule has 1 aliphatic carbocycles. The van der Waals surface area contributed by atoms with Gasteiger partial charge in [0, 0.05) is 56.6 Å². The summed E-state index contributed by atoms with van der Waals surface area (Å²) in [6.07, 6.45) is 6.88. The van der Waals surface area contributed by atoms with E-state index < -0.39 is 15.9 Å². The van der Waals surface area contributed by atoms with E-state index in [1.807, 2.05) is 0 Å². The summed E-state index contributed by atoms with van der Waals surface area (Å²) in [4.78, 5) is 31.0. The van der Waals surface area contributed by atoms with Crippen LogP contribution in [0.2, 0.25) is 0 Å². The van der Waals surface area contributed by atoms with E-state index in [4.69, 9.17) is 14.7 Å². The maximum atomic E-state index is 12.6. The lowest BCUT2D eigenvalue weighted by Crippen LogP contribution is -2.57. The Kier molecular flexibility index (Phi) is 7.78. The van der Waals surface area contributed by atoms with E-state index in [1.54, 1.807) is 4.90 Å². The van der Waals surface area contributed by atoms with Gasteiger partial charge in [-0.05, 0) is 56.5 Å². The number of hydrogen-bond acceptors (Lipinski definition) is 9. The largest absolute Gasteiger partial charge is 0.462 e. The van der Waals surface area contributed by atoms with Crippen LogP contribution in [0.1, 0.15) is 47.7 Å². The third-order valence-electron chi connectivity index (χ3n) is 9.12. The molecule has 4 aliphatic rings. The topological polar surface area (TPSA) is 99.2 Å². The van der Waals surface area contributed by atoms with Gasteiger partial charge in [0.25, 0.3) is 0 Å². The molecule has 0 saturated carbocycles. The molecule has 0 spiro atoms. The van der Waals surface area contributed by atoms with Gasteiger partial charge in [-0.2, -0.15) is 9.97 Å². The number of carbonyl (C=O) groups is 1. The fraction of sp³-hybridized carbons (Fsp3) is 0.567. The Labute approximate surface area is 242 Å². The van der Waals surface area contributed by atoms with Gasteiger partial charge in [0.15, 0.2) is 0 Å². The van der Waals surface area contributed by atoms with Crippen molar-refractivity contribution in [2.45, 2.75) is 56.9 Å². The van der Waals surface area contributed by atoms with Crippen LogP contribution in [0.4, 0.5) is 5.82 Å². The molecule has 2 fully saturated rings. The van der Waals surface area contributed by atoms with E-state index in [-0.39, 0.29) is 11.7 Å². The van der Waals surface area contributed by atoms with Gasteiger partial charge < -0.3 is 19.4 Å². The summed E-state index contributed by atoms with van der Waals surface area (Å²) in [5.74, 6) is 0.434. The summed E-state index contributed by atoms with van der Waals surface area (Å²) in [5.41, 5.74) is 4.84. The minimum absolute atomic E-state index is 0.112. The van der Waals surface area contributed by atoms with Gasteiger partial charge in [-0.25, -0.2) is 8.42 Å². The van der Waals surface area contributed by atoms with E-state index in [1.165, 1.54) is 23.5 Å². The zero-order valence-corrected chi connectivity index (χ0v) is 24.9. The Morgan fingerprint density at radius 3 is 2.71 bits per heavy atom. The second kappa shape index (κ2) is 11.3. The molecule has 1 unspecified atom stereocenters. The fourth-order valence-electron chi connectivity index (χ4n) is 7.01. The number of benzene rings is 1. The van der Waals surface area contributed by atoms with Crippen LogP contribution in [-0.2, 0) is 34.1 Å². The highest BCUT2D eigenvalue weighted by atomic mass is 32.2. The van der Waals surface area contributed by atoms with Crippen molar-refractivity contribution in [1.82, 2.24) is 24.7 Å². The summed E-state index contributed by atoms with van der Waals surface area (Å²) < 4.78 is 30.9. The molecule has 10 nitrogen and oxygen atoms in total. The molecule has 220 valence electrons. The first-order valence-corrected chi connectivity index (χ1v) is 16.7. The van der Waals surface area contributed by atoms with Crippen molar-refractivity contribution in [2.75, 3.05) is 56.7 Å². The smallest absolute Gasteiger partial charge is 0.318 e. The zero-order chi connectivity index (χ0) is 28.7. The molecule has 41 heavy (non-hydrogen) atoms. The van der Waals surface area contributed by atoms with Gasteiger partial charge in [-0.1, -0.05) is 30.8 Å². The molecule has 0 N–H and O–H groups in total. The van der Waals surface area contributed by atoms with Crippen molar-refractivity contribution < 1.29 is 17.9 Å². The van der Waals surface area contributed by atoms with Crippen LogP contribution in [0.25, 0.3) is 0 Å². The average Bonchev–Trinajstić information content (AvgIpc) is 3.67. The number of anilines is 1. The SMILES string of the molecule is C=CC(=O)N1CCN(c2nc(OC[C@@H]3CCCN3C)nc3c2CN(C2CCc4ccccc42)C3)C[C@@H]1CS(C)(=O)=O. The molecule has 3 aliphatic heterocycles. The zero-order valence-electron chi connectivity index (χ0n) is 24.0. The van der Waals surface area contributed by atoms with Crippen molar-refractivity contribution in [1.29, 1.82) is 0 Å². The Morgan fingerprint density at radius 2 is 1.95 bits per heavy atom. The monoisotopic (exact) mass is 580 g/mol. The van der Waals surface area contributed by atoms with Crippen molar-refractivity contribution in [3.05, 3.63) is 59.3 Å². The Hall–Kier alpha value is -3.02. The van der Waals surface area contributed by atoms with Crippen LogP contribution >= 0.6 is 0 Å². The van der Waals surface area contributed by atoms with Crippen molar-refractivity contribution in [3.8, 4) is 6.01 Å². The van der Waals surface area contributed by atoms with Gasteiger partial charge in [0.2, 0.25) is 5.91 Å². The number of fused-ring (bicyclic) bond motifs is 2. The first-order chi connectivity index (χ1) is 19.7. The number of ether oxygens (including phenoxy) is 1. The van der Waals surface area contributed by atoms with Crippen molar-refractivity contribution in [3.63, 3.8) is 0 Å². The second-order valence-electron chi connectivity index (χ2n) is 11.9. The summed E-state index contributed by atoms with van der Waals surface area (Å²) in [7, 11) is -1.20. The number of nitrogens with zero attached hydrogens (tertiary/aromatic N) is 6. The fourth-order valence-corrected chi connectivity index (χ4v) is 7.99.